The van der Waals surface area contributed by atoms with Crippen LogP contribution < -0.4 is 5.32 Å². The molecule has 0 unspecified atom stereocenters. The fraction of sp³-hybridized carbons (Fsp3) is 0.417. The van der Waals surface area contributed by atoms with Crippen LogP contribution >= 0.6 is 11.8 Å². The molecule has 5 heteroatoms. The maximum Gasteiger partial charge on any atom is 0.122 e. The third kappa shape index (κ3) is 3.38. The molecule has 0 aliphatic heterocycles. The summed E-state index contributed by atoms with van der Waals surface area (Å²) in [6.45, 7) is 1.49. The van der Waals surface area contributed by atoms with E-state index in [4.69, 9.17) is 4.42 Å². The number of thioether (sulfide) groups is 1. The van der Waals surface area contributed by atoms with E-state index >= 15 is 0 Å². The van der Waals surface area contributed by atoms with Crippen molar-refractivity contribution in [3.63, 3.8) is 0 Å². The molecule has 17 heavy (non-hydrogen) atoms. The van der Waals surface area contributed by atoms with Crippen LogP contribution in [-0.4, -0.2) is 15.8 Å². The first-order chi connectivity index (χ1) is 8.29. The molecule has 2 aromatic rings. The number of aryl methyl sites for hydroxylation is 1. The summed E-state index contributed by atoms with van der Waals surface area (Å²) in [7, 11) is 1.99. The number of nitrogens with one attached hydrogen (secondary N) is 1. The Labute approximate surface area is 105 Å². The standard InChI is InChI=1S/C12H17N3OS/c1-15-6-5-14-12(15)8-13-7-10-3-4-11(16-10)9-17-2/h3-6,13H,7-9H2,1-2H3. The van der Waals surface area contributed by atoms with Gasteiger partial charge in [-0.2, -0.15) is 11.8 Å². The lowest BCUT2D eigenvalue weighted by molar-refractivity contribution is 0.456. The summed E-state index contributed by atoms with van der Waals surface area (Å²) in [5.41, 5.74) is 0. The lowest BCUT2D eigenvalue weighted by Gasteiger charge is -2.02. The van der Waals surface area contributed by atoms with Crippen LogP contribution in [-0.2, 0) is 25.9 Å². The number of furan rings is 1. The van der Waals surface area contributed by atoms with E-state index in [9.17, 15) is 0 Å². The first-order valence-electron chi connectivity index (χ1n) is 5.53. The van der Waals surface area contributed by atoms with Crippen LogP contribution in [0.5, 0.6) is 0 Å². The van der Waals surface area contributed by atoms with Crippen molar-refractivity contribution in [2.24, 2.45) is 7.05 Å². The minimum Gasteiger partial charge on any atom is -0.464 e. The minimum absolute atomic E-state index is 0.737. The number of hydrogen-bond acceptors (Lipinski definition) is 4. The smallest absolute Gasteiger partial charge is 0.122 e. The second-order valence-electron chi connectivity index (χ2n) is 3.86. The predicted molar refractivity (Wildman–Crippen MR) is 69.7 cm³/mol. The van der Waals surface area contributed by atoms with Gasteiger partial charge in [0.05, 0.1) is 18.8 Å². The van der Waals surface area contributed by atoms with Crippen LogP contribution in [0.4, 0.5) is 0 Å². The van der Waals surface area contributed by atoms with Crippen LogP contribution in [0.2, 0.25) is 0 Å². The molecular formula is C12H17N3OS. The molecule has 2 heterocycles. The third-order valence-electron chi connectivity index (χ3n) is 2.51. The van der Waals surface area contributed by atoms with E-state index in [0.717, 1.165) is 36.2 Å². The molecule has 0 aliphatic rings. The van der Waals surface area contributed by atoms with Gasteiger partial charge in [0, 0.05) is 19.4 Å². The van der Waals surface area contributed by atoms with E-state index in [1.165, 1.54) is 0 Å². The summed E-state index contributed by atoms with van der Waals surface area (Å²) in [5.74, 6) is 3.97. The van der Waals surface area contributed by atoms with E-state index in [-0.39, 0.29) is 0 Å². The van der Waals surface area contributed by atoms with Crippen molar-refractivity contribution in [2.45, 2.75) is 18.8 Å². The molecule has 0 saturated carbocycles. The van der Waals surface area contributed by atoms with Crippen molar-refractivity contribution in [3.05, 3.63) is 41.9 Å². The molecule has 2 rings (SSSR count). The van der Waals surface area contributed by atoms with Crippen molar-refractivity contribution >= 4 is 11.8 Å². The summed E-state index contributed by atoms with van der Waals surface area (Å²) in [5, 5.41) is 3.32. The van der Waals surface area contributed by atoms with Gasteiger partial charge in [0.1, 0.15) is 17.3 Å². The molecule has 0 atom stereocenters. The molecule has 0 spiro atoms. The van der Waals surface area contributed by atoms with Gasteiger partial charge in [-0.15, -0.1) is 0 Å². The van der Waals surface area contributed by atoms with Crippen LogP contribution in [0.15, 0.2) is 28.9 Å². The zero-order chi connectivity index (χ0) is 12.1. The summed E-state index contributed by atoms with van der Waals surface area (Å²) < 4.78 is 7.67. The molecular weight excluding hydrogens is 234 g/mol. The van der Waals surface area contributed by atoms with Gasteiger partial charge in [-0.1, -0.05) is 0 Å². The SMILES string of the molecule is CSCc1ccc(CNCc2nccn2C)o1. The zero-order valence-electron chi connectivity index (χ0n) is 10.1. The highest BCUT2D eigenvalue weighted by molar-refractivity contribution is 7.97. The molecule has 0 bridgehead atoms. The number of imidazole rings is 1. The fourth-order valence-corrected chi connectivity index (χ4v) is 2.04. The van der Waals surface area contributed by atoms with Crippen LogP contribution in [0, 0.1) is 0 Å². The van der Waals surface area contributed by atoms with E-state index in [0.29, 0.717) is 0 Å². The molecule has 0 amide bonds. The number of nitrogens with zero attached hydrogens (tertiary/aromatic N) is 2. The zero-order valence-corrected chi connectivity index (χ0v) is 11.0. The number of hydrogen-bond donors (Lipinski definition) is 1. The molecule has 4 nitrogen and oxygen atoms in total. The number of aromatic nitrogens is 2. The van der Waals surface area contributed by atoms with Crippen molar-refractivity contribution in [1.82, 2.24) is 14.9 Å². The second kappa shape index (κ2) is 5.93. The Bertz CT molecular complexity index is 464. The van der Waals surface area contributed by atoms with Crippen molar-refractivity contribution in [2.75, 3.05) is 6.26 Å². The molecule has 0 aromatic carbocycles. The Morgan fingerprint density at radius 1 is 1.35 bits per heavy atom. The molecule has 0 fully saturated rings. The predicted octanol–water partition coefficient (Wildman–Crippen LogP) is 2.17. The van der Waals surface area contributed by atoms with Gasteiger partial charge < -0.3 is 14.3 Å². The fourth-order valence-electron chi connectivity index (χ4n) is 1.60. The molecule has 0 aliphatic carbocycles. The lowest BCUT2D eigenvalue weighted by atomic mass is 10.4. The normalized spacial score (nSPS) is 10.9. The minimum atomic E-state index is 0.737. The van der Waals surface area contributed by atoms with E-state index < -0.39 is 0 Å². The van der Waals surface area contributed by atoms with Gasteiger partial charge in [0.2, 0.25) is 0 Å². The van der Waals surface area contributed by atoms with Gasteiger partial charge in [0.15, 0.2) is 0 Å². The van der Waals surface area contributed by atoms with Gasteiger partial charge in [-0.05, 0) is 18.4 Å². The van der Waals surface area contributed by atoms with Gasteiger partial charge in [-0.25, -0.2) is 4.98 Å². The van der Waals surface area contributed by atoms with Crippen molar-refractivity contribution < 1.29 is 4.42 Å². The quantitative estimate of drug-likeness (QED) is 0.854. The summed E-state index contributed by atoms with van der Waals surface area (Å²) in [6, 6.07) is 4.06. The van der Waals surface area contributed by atoms with Crippen molar-refractivity contribution in [1.29, 1.82) is 0 Å². The second-order valence-corrected chi connectivity index (χ2v) is 4.72. The maximum atomic E-state index is 5.66. The third-order valence-corrected chi connectivity index (χ3v) is 3.08. The summed E-state index contributed by atoms with van der Waals surface area (Å²) in [4.78, 5) is 4.25. The molecule has 0 saturated heterocycles. The molecule has 0 radical (unpaired) electrons. The van der Waals surface area contributed by atoms with Crippen LogP contribution in [0.25, 0.3) is 0 Å². The van der Waals surface area contributed by atoms with E-state index in [2.05, 4.69) is 16.6 Å². The molecule has 92 valence electrons. The van der Waals surface area contributed by atoms with Gasteiger partial charge in [0.25, 0.3) is 0 Å². The Hall–Kier alpha value is -1.20. The summed E-state index contributed by atoms with van der Waals surface area (Å²) in [6.07, 6.45) is 5.82. The highest BCUT2D eigenvalue weighted by atomic mass is 32.2. The highest BCUT2D eigenvalue weighted by Crippen LogP contribution is 2.13. The lowest BCUT2D eigenvalue weighted by Crippen LogP contribution is -2.15. The molecule has 1 N–H and O–H groups in total. The van der Waals surface area contributed by atoms with Gasteiger partial charge in [-0.3, -0.25) is 0 Å². The first-order valence-corrected chi connectivity index (χ1v) is 6.92. The average molecular weight is 251 g/mol. The Balaban J connectivity index is 1.80. The Morgan fingerprint density at radius 2 is 2.18 bits per heavy atom. The largest absolute Gasteiger partial charge is 0.464 e. The van der Waals surface area contributed by atoms with Crippen molar-refractivity contribution in [3.8, 4) is 0 Å². The van der Waals surface area contributed by atoms with E-state index in [1.807, 2.05) is 29.9 Å². The van der Waals surface area contributed by atoms with Crippen LogP contribution in [0.3, 0.4) is 0 Å². The topological polar surface area (TPSA) is 43.0 Å². The molecule has 2 aromatic heterocycles. The highest BCUT2D eigenvalue weighted by Gasteiger charge is 2.02. The first kappa shape index (κ1) is 12.3. The average Bonchev–Trinajstić information content (AvgIpc) is 2.90. The van der Waals surface area contributed by atoms with Crippen LogP contribution in [0.1, 0.15) is 17.3 Å². The summed E-state index contributed by atoms with van der Waals surface area (Å²) >= 11 is 1.76. The maximum absolute atomic E-state index is 5.66. The monoisotopic (exact) mass is 251 g/mol. The number of rotatable bonds is 6. The Kier molecular flexibility index (Phi) is 4.28. The van der Waals surface area contributed by atoms with Gasteiger partial charge >= 0.3 is 0 Å². The Morgan fingerprint density at radius 3 is 2.88 bits per heavy atom. The van der Waals surface area contributed by atoms with E-state index in [1.54, 1.807) is 18.0 Å².